The molecular formula is C10H10N6O2. The van der Waals surface area contributed by atoms with Gasteiger partial charge in [0.05, 0.1) is 24.6 Å². The summed E-state index contributed by atoms with van der Waals surface area (Å²) in [4.78, 5) is 4.21. The quantitative estimate of drug-likeness (QED) is 0.715. The van der Waals surface area contributed by atoms with Gasteiger partial charge in [-0.25, -0.2) is 0 Å². The maximum absolute atomic E-state index is 5.43. The van der Waals surface area contributed by atoms with Crippen LogP contribution in [0.3, 0.4) is 0 Å². The van der Waals surface area contributed by atoms with Gasteiger partial charge in [-0.05, 0) is 6.07 Å². The van der Waals surface area contributed by atoms with Gasteiger partial charge in [0, 0.05) is 6.54 Å². The normalized spacial score (nSPS) is 10.9. The Morgan fingerprint density at radius 3 is 3.11 bits per heavy atom. The monoisotopic (exact) mass is 246 g/mol. The average molecular weight is 246 g/mol. The SMILES string of the molecule is NCCn1cc(-c2nc(-c3ccoc3)no2)nn1. The molecule has 3 heterocycles. The molecule has 92 valence electrons. The zero-order valence-electron chi connectivity index (χ0n) is 9.35. The first-order chi connectivity index (χ1) is 8.86. The molecule has 0 spiro atoms. The molecule has 0 radical (unpaired) electrons. The summed E-state index contributed by atoms with van der Waals surface area (Å²) in [7, 11) is 0. The van der Waals surface area contributed by atoms with Gasteiger partial charge in [0.2, 0.25) is 5.82 Å². The molecule has 0 fully saturated rings. The molecule has 3 aromatic rings. The number of hydrogen-bond acceptors (Lipinski definition) is 7. The lowest BCUT2D eigenvalue weighted by atomic mass is 10.3. The lowest BCUT2D eigenvalue weighted by Crippen LogP contribution is -2.10. The Balaban J connectivity index is 1.88. The average Bonchev–Trinajstić information content (AvgIpc) is 3.10. The van der Waals surface area contributed by atoms with Crippen LogP contribution in [0.2, 0.25) is 0 Å². The Kier molecular flexibility index (Phi) is 2.61. The van der Waals surface area contributed by atoms with E-state index in [9.17, 15) is 0 Å². The molecule has 0 atom stereocenters. The molecule has 2 N–H and O–H groups in total. The molecule has 3 rings (SSSR count). The van der Waals surface area contributed by atoms with Crippen molar-refractivity contribution in [1.29, 1.82) is 0 Å². The van der Waals surface area contributed by atoms with E-state index < -0.39 is 0 Å². The van der Waals surface area contributed by atoms with Gasteiger partial charge in [-0.2, -0.15) is 4.98 Å². The lowest BCUT2D eigenvalue weighted by molar-refractivity contribution is 0.431. The summed E-state index contributed by atoms with van der Waals surface area (Å²) in [5.41, 5.74) is 6.69. The van der Waals surface area contributed by atoms with Crippen LogP contribution in [-0.4, -0.2) is 31.7 Å². The summed E-state index contributed by atoms with van der Waals surface area (Å²) in [6.07, 6.45) is 4.79. The van der Waals surface area contributed by atoms with Crippen molar-refractivity contribution in [1.82, 2.24) is 25.1 Å². The van der Waals surface area contributed by atoms with E-state index in [-0.39, 0.29) is 0 Å². The highest BCUT2D eigenvalue weighted by Gasteiger charge is 2.14. The molecule has 0 bridgehead atoms. The summed E-state index contributed by atoms with van der Waals surface area (Å²) >= 11 is 0. The van der Waals surface area contributed by atoms with Gasteiger partial charge in [-0.3, -0.25) is 4.68 Å². The van der Waals surface area contributed by atoms with Crippen LogP contribution in [0.4, 0.5) is 0 Å². The number of nitrogens with two attached hydrogens (primary N) is 1. The molecule has 0 saturated carbocycles. The first-order valence-electron chi connectivity index (χ1n) is 5.33. The van der Waals surface area contributed by atoms with Gasteiger partial charge in [0.25, 0.3) is 5.89 Å². The second-order valence-electron chi connectivity index (χ2n) is 3.59. The van der Waals surface area contributed by atoms with Crippen molar-refractivity contribution >= 4 is 0 Å². The summed E-state index contributed by atoms with van der Waals surface area (Å²) < 4.78 is 11.7. The number of aromatic nitrogens is 5. The fourth-order valence-corrected chi connectivity index (χ4v) is 1.47. The van der Waals surface area contributed by atoms with E-state index in [1.165, 1.54) is 0 Å². The topological polar surface area (TPSA) is 109 Å². The number of hydrogen-bond donors (Lipinski definition) is 1. The van der Waals surface area contributed by atoms with E-state index in [0.29, 0.717) is 30.5 Å². The van der Waals surface area contributed by atoms with Crippen LogP contribution in [0.1, 0.15) is 0 Å². The molecule has 0 unspecified atom stereocenters. The number of nitrogens with zero attached hydrogens (tertiary/aromatic N) is 5. The summed E-state index contributed by atoms with van der Waals surface area (Å²) in [5.74, 6) is 0.765. The Labute approximate surface area is 101 Å². The lowest BCUT2D eigenvalue weighted by Gasteiger charge is -1.91. The predicted octanol–water partition coefficient (Wildman–Crippen LogP) is 0.547. The minimum absolute atomic E-state index is 0.314. The van der Waals surface area contributed by atoms with E-state index in [1.807, 2.05) is 0 Å². The first kappa shape index (κ1) is 10.7. The van der Waals surface area contributed by atoms with Crippen LogP contribution < -0.4 is 5.73 Å². The van der Waals surface area contributed by atoms with E-state index in [1.54, 1.807) is 29.5 Å². The summed E-state index contributed by atoms with van der Waals surface area (Å²) in [5, 5.41) is 11.7. The van der Waals surface area contributed by atoms with Crippen LogP contribution in [0.25, 0.3) is 23.0 Å². The second-order valence-corrected chi connectivity index (χ2v) is 3.59. The number of furan rings is 1. The molecule has 3 aromatic heterocycles. The maximum atomic E-state index is 5.43. The zero-order valence-corrected chi connectivity index (χ0v) is 9.35. The second kappa shape index (κ2) is 4.41. The van der Waals surface area contributed by atoms with Crippen molar-refractivity contribution in [2.24, 2.45) is 5.73 Å². The summed E-state index contributed by atoms with van der Waals surface area (Å²) in [6, 6.07) is 1.75. The van der Waals surface area contributed by atoms with Gasteiger partial charge in [-0.1, -0.05) is 10.4 Å². The van der Waals surface area contributed by atoms with Gasteiger partial charge in [0.15, 0.2) is 5.69 Å². The highest BCUT2D eigenvalue weighted by atomic mass is 16.5. The van der Waals surface area contributed by atoms with Gasteiger partial charge in [0.1, 0.15) is 6.26 Å². The van der Waals surface area contributed by atoms with E-state index in [0.717, 1.165) is 5.56 Å². The molecule has 8 nitrogen and oxygen atoms in total. The van der Waals surface area contributed by atoms with E-state index in [2.05, 4.69) is 20.5 Å². The highest BCUT2D eigenvalue weighted by Crippen LogP contribution is 2.20. The molecule has 18 heavy (non-hydrogen) atoms. The van der Waals surface area contributed by atoms with Crippen molar-refractivity contribution in [3.8, 4) is 23.0 Å². The third-order valence-electron chi connectivity index (χ3n) is 2.32. The predicted molar refractivity (Wildman–Crippen MR) is 60.1 cm³/mol. The van der Waals surface area contributed by atoms with Crippen LogP contribution >= 0.6 is 0 Å². The molecular weight excluding hydrogens is 236 g/mol. The fraction of sp³-hybridized carbons (Fsp3) is 0.200. The smallest absolute Gasteiger partial charge is 0.280 e. The van der Waals surface area contributed by atoms with Crippen molar-refractivity contribution in [3.05, 3.63) is 24.8 Å². The first-order valence-corrected chi connectivity index (χ1v) is 5.33. The Hall–Kier alpha value is -2.48. The minimum Gasteiger partial charge on any atom is -0.472 e. The Morgan fingerprint density at radius 1 is 1.39 bits per heavy atom. The molecule has 0 amide bonds. The van der Waals surface area contributed by atoms with Crippen LogP contribution in [0, 0.1) is 0 Å². The third kappa shape index (κ3) is 1.89. The van der Waals surface area contributed by atoms with Gasteiger partial charge >= 0.3 is 0 Å². The van der Waals surface area contributed by atoms with Crippen molar-refractivity contribution < 1.29 is 8.94 Å². The Bertz CT molecular complexity index is 626. The molecule has 0 aliphatic rings. The minimum atomic E-state index is 0.314. The largest absolute Gasteiger partial charge is 0.472 e. The molecule has 0 aliphatic heterocycles. The van der Waals surface area contributed by atoms with Crippen molar-refractivity contribution in [3.63, 3.8) is 0 Å². The van der Waals surface area contributed by atoms with E-state index >= 15 is 0 Å². The van der Waals surface area contributed by atoms with Crippen molar-refractivity contribution in [2.75, 3.05) is 6.54 Å². The summed E-state index contributed by atoms with van der Waals surface area (Å²) in [6.45, 7) is 1.09. The third-order valence-corrected chi connectivity index (χ3v) is 2.32. The highest BCUT2D eigenvalue weighted by molar-refractivity contribution is 5.55. The van der Waals surface area contributed by atoms with Crippen molar-refractivity contribution in [2.45, 2.75) is 6.54 Å². The molecule has 0 saturated heterocycles. The van der Waals surface area contributed by atoms with Gasteiger partial charge < -0.3 is 14.7 Å². The van der Waals surface area contributed by atoms with E-state index in [4.69, 9.17) is 14.7 Å². The molecule has 8 heteroatoms. The number of rotatable bonds is 4. The fourth-order valence-electron chi connectivity index (χ4n) is 1.47. The van der Waals surface area contributed by atoms with Crippen LogP contribution in [0.15, 0.2) is 33.7 Å². The standard InChI is InChI=1S/C10H10N6O2/c11-2-3-16-5-8(13-15-16)10-12-9(14-18-10)7-1-4-17-6-7/h1,4-6H,2-3,11H2. The van der Waals surface area contributed by atoms with Crippen LogP contribution in [-0.2, 0) is 6.54 Å². The Morgan fingerprint density at radius 2 is 2.33 bits per heavy atom. The maximum Gasteiger partial charge on any atom is 0.280 e. The molecule has 0 aromatic carbocycles. The van der Waals surface area contributed by atoms with Gasteiger partial charge in [-0.15, -0.1) is 5.10 Å². The molecule has 0 aliphatic carbocycles. The van der Waals surface area contributed by atoms with Crippen LogP contribution in [0.5, 0.6) is 0 Å². The zero-order chi connectivity index (χ0) is 12.4.